The first-order valence-electron chi connectivity index (χ1n) is 11.5. The van der Waals surface area contributed by atoms with E-state index in [1.54, 1.807) is 25.7 Å². The van der Waals surface area contributed by atoms with Gasteiger partial charge in [0.1, 0.15) is 23.7 Å². The van der Waals surface area contributed by atoms with Crippen molar-refractivity contribution in [2.75, 3.05) is 31.1 Å². The van der Waals surface area contributed by atoms with Gasteiger partial charge in [0.25, 0.3) is 0 Å². The SMILES string of the molecule is CC(C)(C)OC(=O)N1CC(F)(F)OC2(CCN(c3cc(F)c(F)cc3Oc3cccc(F)c3)CC2)C1. The number of hydrogen-bond donors (Lipinski definition) is 0. The number of carbonyl (C=O) groups is 1. The summed E-state index contributed by atoms with van der Waals surface area (Å²) in [6, 6.07) is 6.98. The number of alkyl halides is 2. The van der Waals surface area contributed by atoms with Gasteiger partial charge in [-0.25, -0.2) is 18.0 Å². The van der Waals surface area contributed by atoms with Gasteiger partial charge in [0, 0.05) is 31.3 Å². The molecule has 0 bridgehead atoms. The van der Waals surface area contributed by atoms with Crippen LogP contribution in [0.5, 0.6) is 11.5 Å². The van der Waals surface area contributed by atoms with E-state index in [4.69, 9.17) is 14.2 Å². The topological polar surface area (TPSA) is 51.2 Å². The van der Waals surface area contributed by atoms with Crippen molar-refractivity contribution in [3.05, 3.63) is 53.8 Å². The Morgan fingerprint density at radius 1 is 1.00 bits per heavy atom. The molecule has 2 saturated heterocycles. The van der Waals surface area contributed by atoms with E-state index in [9.17, 15) is 26.7 Å². The summed E-state index contributed by atoms with van der Waals surface area (Å²) in [7, 11) is 0. The first kappa shape index (κ1) is 26.0. The van der Waals surface area contributed by atoms with Crippen molar-refractivity contribution in [1.82, 2.24) is 4.90 Å². The summed E-state index contributed by atoms with van der Waals surface area (Å²) in [5.41, 5.74) is -2.02. The van der Waals surface area contributed by atoms with Crippen LogP contribution in [-0.4, -0.2) is 54.5 Å². The number of hydrogen-bond acceptors (Lipinski definition) is 5. The predicted molar refractivity (Wildman–Crippen MR) is 121 cm³/mol. The summed E-state index contributed by atoms with van der Waals surface area (Å²) in [5, 5.41) is 0. The first-order valence-corrected chi connectivity index (χ1v) is 11.5. The van der Waals surface area contributed by atoms with Crippen molar-refractivity contribution in [3.8, 4) is 11.5 Å². The van der Waals surface area contributed by atoms with Crippen molar-refractivity contribution in [2.45, 2.75) is 50.9 Å². The molecule has 4 rings (SSSR count). The highest BCUT2D eigenvalue weighted by atomic mass is 19.3. The van der Waals surface area contributed by atoms with Gasteiger partial charge in [-0.15, -0.1) is 0 Å². The van der Waals surface area contributed by atoms with E-state index in [2.05, 4.69) is 0 Å². The predicted octanol–water partition coefficient (Wildman–Crippen LogP) is 6.10. The maximum atomic E-state index is 14.5. The fraction of sp³-hybridized carbons (Fsp3) is 0.480. The van der Waals surface area contributed by atoms with Gasteiger partial charge in [-0.3, -0.25) is 4.90 Å². The molecule has 0 atom stereocenters. The molecule has 0 aliphatic carbocycles. The van der Waals surface area contributed by atoms with Crippen LogP contribution in [0.2, 0.25) is 0 Å². The molecule has 11 heteroatoms. The number of nitrogens with zero attached hydrogens (tertiary/aromatic N) is 2. The van der Waals surface area contributed by atoms with Crippen LogP contribution in [0.15, 0.2) is 36.4 Å². The zero-order valence-electron chi connectivity index (χ0n) is 20.1. The Bertz CT molecular complexity index is 1130. The summed E-state index contributed by atoms with van der Waals surface area (Å²) >= 11 is 0. The molecule has 0 unspecified atom stereocenters. The molecular formula is C25H27F5N2O4. The van der Waals surface area contributed by atoms with Crippen LogP contribution in [-0.2, 0) is 9.47 Å². The molecule has 2 aliphatic rings. The van der Waals surface area contributed by atoms with Crippen molar-refractivity contribution in [2.24, 2.45) is 0 Å². The van der Waals surface area contributed by atoms with Gasteiger partial charge in [0.15, 0.2) is 17.4 Å². The summed E-state index contributed by atoms with van der Waals surface area (Å²) in [6.45, 7) is 4.15. The van der Waals surface area contributed by atoms with Crippen LogP contribution >= 0.6 is 0 Å². The molecule has 0 radical (unpaired) electrons. The maximum absolute atomic E-state index is 14.5. The highest BCUT2D eigenvalue weighted by Gasteiger charge is 2.53. The first-order chi connectivity index (χ1) is 16.7. The van der Waals surface area contributed by atoms with Crippen LogP contribution < -0.4 is 9.64 Å². The molecular weight excluding hydrogens is 487 g/mol. The number of rotatable bonds is 3. The Hall–Kier alpha value is -3.08. The summed E-state index contributed by atoms with van der Waals surface area (Å²) < 4.78 is 86.8. The number of morpholine rings is 1. The Kier molecular flexibility index (Phi) is 6.80. The molecule has 2 aromatic carbocycles. The Labute approximate surface area is 205 Å². The number of ether oxygens (including phenoxy) is 3. The number of halogens is 5. The van der Waals surface area contributed by atoms with Crippen molar-refractivity contribution >= 4 is 11.8 Å². The zero-order chi connectivity index (χ0) is 26.3. The number of benzene rings is 2. The lowest BCUT2D eigenvalue weighted by Crippen LogP contribution is -2.63. The highest BCUT2D eigenvalue weighted by Crippen LogP contribution is 2.42. The number of piperidine rings is 1. The largest absolute Gasteiger partial charge is 0.455 e. The molecule has 1 amide bonds. The second kappa shape index (κ2) is 9.42. The molecule has 6 nitrogen and oxygen atoms in total. The third-order valence-electron chi connectivity index (χ3n) is 5.91. The maximum Gasteiger partial charge on any atom is 0.410 e. The van der Waals surface area contributed by atoms with Crippen LogP contribution in [0.3, 0.4) is 0 Å². The normalized spacial score (nSPS) is 19.3. The minimum atomic E-state index is -3.58. The van der Waals surface area contributed by atoms with Gasteiger partial charge >= 0.3 is 12.2 Å². The average molecular weight is 514 g/mol. The Balaban J connectivity index is 1.53. The van der Waals surface area contributed by atoms with Crippen molar-refractivity contribution in [3.63, 3.8) is 0 Å². The standard InChI is InChI=1S/C25H27F5N2O4/c1-23(2,3)35-22(33)32-14-24(36-25(29,30)15-32)7-9-31(10-8-24)20-12-18(27)19(28)13-21(20)34-17-6-4-5-16(26)11-17/h4-6,11-13H,7-10,14-15H2,1-3H3. The second-order valence-corrected chi connectivity index (χ2v) is 10.0. The molecule has 2 aliphatic heterocycles. The van der Waals surface area contributed by atoms with Crippen LogP contribution in [0.4, 0.5) is 32.4 Å². The van der Waals surface area contributed by atoms with Crippen molar-refractivity contribution < 1.29 is 41.0 Å². The van der Waals surface area contributed by atoms with E-state index >= 15 is 0 Å². The summed E-state index contributed by atoms with van der Waals surface area (Å²) in [5.74, 6) is -2.81. The molecule has 2 heterocycles. The molecule has 2 fully saturated rings. The summed E-state index contributed by atoms with van der Waals surface area (Å²) in [4.78, 5) is 15.1. The van der Waals surface area contributed by atoms with Crippen molar-refractivity contribution in [1.29, 1.82) is 0 Å². The monoisotopic (exact) mass is 514 g/mol. The van der Waals surface area contributed by atoms with Crippen LogP contribution in [0, 0.1) is 17.5 Å². The molecule has 1 spiro atoms. The van der Waals surface area contributed by atoms with Crippen LogP contribution in [0.25, 0.3) is 0 Å². The van der Waals surface area contributed by atoms with E-state index in [1.807, 2.05) is 0 Å². The molecule has 2 aromatic rings. The number of carbonyl (C=O) groups excluding carboxylic acids is 1. The summed E-state index contributed by atoms with van der Waals surface area (Å²) in [6.07, 6.45) is -4.30. The quantitative estimate of drug-likeness (QED) is 0.464. The fourth-order valence-corrected chi connectivity index (χ4v) is 4.38. The molecule has 0 saturated carbocycles. The lowest BCUT2D eigenvalue weighted by atomic mass is 9.89. The van der Waals surface area contributed by atoms with Gasteiger partial charge in [0.05, 0.1) is 17.8 Å². The third kappa shape index (κ3) is 6.00. The van der Waals surface area contributed by atoms with E-state index in [1.165, 1.54) is 18.2 Å². The Morgan fingerprint density at radius 2 is 1.67 bits per heavy atom. The zero-order valence-corrected chi connectivity index (χ0v) is 20.1. The minimum Gasteiger partial charge on any atom is -0.455 e. The highest BCUT2D eigenvalue weighted by molar-refractivity contribution is 5.68. The Morgan fingerprint density at radius 3 is 2.31 bits per heavy atom. The second-order valence-electron chi connectivity index (χ2n) is 10.0. The molecule has 0 aromatic heterocycles. The fourth-order valence-electron chi connectivity index (χ4n) is 4.38. The van der Waals surface area contributed by atoms with Gasteiger partial charge < -0.3 is 19.1 Å². The molecule has 196 valence electrons. The average Bonchev–Trinajstić information content (AvgIpc) is 2.74. The van der Waals surface area contributed by atoms with Crippen LogP contribution in [0.1, 0.15) is 33.6 Å². The lowest BCUT2D eigenvalue weighted by molar-refractivity contribution is -0.330. The molecule has 36 heavy (non-hydrogen) atoms. The van der Waals surface area contributed by atoms with Gasteiger partial charge in [0.2, 0.25) is 0 Å². The molecule has 0 N–H and O–H groups in total. The van der Waals surface area contributed by atoms with E-state index in [0.717, 1.165) is 23.1 Å². The lowest BCUT2D eigenvalue weighted by Gasteiger charge is -2.49. The van der Waals surface area contributed by atoms with Gasteiger partial charge in [-0.1, -0.05) is 6.07 Å². The van der Waals surface area contributed by atoms with Gasteiger partial charge in [-0.2, -0.15) is 8.78 Å². The minimum absolute atomic E-state index is 0.0549. The van der Waals surface area contributed by atoms with Gasteiger partial charge in [-0.05, 0) is 45.7 Å². The number of amides is 1. The number of anilines is 1. The van der Waals surface area contributed by atoms with E-state index in [0.29, 0.717) is 0 Å². The third-order valence-corrected chi connectivity index (χ3v) is 5.91. The van der Waals surface area contributed by atoms with E-state index < -0.39 is 47.4 Å². The smallest absolute Gasteiger partial charge is 0.410 e. The van der Waals surface area contributed by atoms with E-state index in [-0.39, 0.29) is 49.7 Å².